The van der Waals surface area contributed by atoms with Crippen LogP contribution in [0.1, 0.15) is 61.8 Å². The Morgan fingerprint density at radius 1 is 1.18 bits per heavy atom. The standard InChI is InChI=1S/C16H31N/c1-11-10-12(2)17-13(3)16(11,9)15(7,8)14(4,5)6/h11-12,17H,3,10H2,1-2,4-9H3. The maximum atomic E-state index is 4.34. The third-order valence-corrected chi connectivity index (χ3v) is 5.91. The van der Waals surface area contributed by atoms with Crippen LogP contribution in [-0.4, -0.2) is 6.04 Å². The second-order valence-corrected chi connectivity index (χ2v) is 7.74. The Kier molecular flexibility index (Phi) is 3.46. The predicted octanol–water partition coefficient (Wildman–Crippen LogP) is 4.60. The first-order valence-electron chi connectivity index (χ1n) is 6.90. The average Bonchev–Trinajstić information content (AvgIpc) is 2.11. The third-order valence-electron chi connectivity index (χ3n) is 5.91. The van der Waals surface area contributed by atoms with E-state index in [-0.39, 0.29) is 16.2 Å². The van der Waals surface area contributed by atoms with E-state index < -0.39 is 0 Å². The van der Waals surface area contributed by atoms with Crippen molar-refractivity contribution in [3.8, 4) is 0 Å². The quantitative estimate of drug-likeness (QED) is 0.703. The normalized spacial score (nSPS) is 35.6. The second-order valence-electron chi connectivity index (χ2n) is 7.74. The van der Waals surface area contributed by atoms with Gasteiger partial charge in [-0.25, -0.2) is 0 Å². The topological polar surface area (TPSA) is 12.0 Å². The molecule has 0 aromatic heterocycles. The molecular formula is C16H31N. The molecule has 0 bridgehead atoms. The highest BCUT2D eigenvalue weighted by Gasteiger charge is 2.54. The van der Waals surface area contributed by atoms with Crippen molar-refractivity contribution in [3.63, 3.8) is 0 Å². The fraction of sp³-hybridized carbons (Fsp3) is 0.875. The van der Waals surface area contributed by atoms with Crippen molar-refractivity contribution >= 4 is 0 Å². The molecule has 1 aliphatic heterocycles. The van der Waals surface area contributed by atoms with Gasteiger partial charge in [-0.2, -0.15) is 0 Å². The van der Waals surface area contributed by atoms with Crippen molar-refractivity contribution in [1.82, 2.24) is 5.32 Å². The zero-order valence-corrected chi connectivity index (χ0v) is 13.1. The number of piperidine rings is 1. The maximum absolute atomic E-state index is 4.34. The molecule has 1 rings (SSSR count). The fourth-order valence-electron chi connectivity index (χ4n) is 3.34. The first-order chi connectivity index (χ1) is 7.44. The second kappa shape index (κ2) is 4.03. The van der Waals surface area contributed by atoms with Gasteiger partial charge in [0.15, 0.2) is 0 Å². The molecule has 0 radical (unpaired) electrons. The van der Waals surface area contributed by atoms with Crippen molar-refractivity contribution < 1.29 is 0 Å². The summed E-state index contributed by atoms with van der Waals surface area (Å²) in [6.45, 7) is 23.2. The lowest BCUT2D eigenvalue weighted by molar-refractivity contribution is -0.0502. The molecule has 1 heterocycles. The summed E-state index contributed by atoms with van der Waals surface area (Å²) in [6.07, 6.45) is 1.23. The van der Waals surface area contributed by atoms with E-state index in [1.807, 2.05) is 0 Å². The van der Waals surface area contributed by atoms with Gasteiger partial charge in [-0.1, -0.05) is 55.0 Å². The van der Waals surface area contributed by atoms with Crippen molar-refractivity contribution in [2.24, 2.45) is 22.2 Å². The van der Waals surface area contributed by atoms with Crippen LogP contribution in [0.3, 0.4) is 0 Å². The van der Waals surface area contributed by atoms with Gasteiger partial charge in [0.05, 0.1) is 0 Å². The molecule has 1 N–H and O–H groups in total. The summed E-state index contributed by atoms with van der Waals surface area (Å²) in [7, 11) is 0. The molecule has 0 aliphatic carbocycles. The molecule has 0 aromatic carbocycles. The molecule has 0 amide bonds. The predicted molar refractivity (Wildman–Crippen MR) is 76.9 cm³/mol. The Hall–Kier alpha value is -0.460. The van der Waals surface area contributed by atoms with Crippen molar-refractivity contribution in [2.75, 3.05) is 0 Å². The van der Waals surface area contributed by atoms with Crippen LogP contribution >= 0.6 is 0 Å². The highest BCUT2D eigenvalue weighted by atomic mass is 15.0. The van der Waals surface area contributed by atoms with Gasteiger partial charge in [-0.3, -0.25) is 0 Å². The first kappa shape index (κ1) is 14.6. The van der Waals surface area contributed by atoms with Gasteiger partial charge in [-0.05, 0) is 30.1 Å². The van der Waals surface area contributed by atoms with E-state index in [9.17, 15) is 0 Å². The largest absolute Gasteiger partial charge is 0.386 e. The molecule has 1 saturated heterocycles. The first-order valence-corrected chi connectivity index (χ1v) is 6.90. The van der Waals surface area contributed by atoms with E-state index in [0.29, 0.717) is 12.0 Å². The van der Waals surface area contributed by atoms with E-state index >= 15 is 0 Å². The highest BCUT2D eigenvalue weighted by Crippen LogP contribution is 2.59. The molecule has 1 aliphatic rings. The molecule has 0 saturated carbocycles. The van der Waals surface area contributed by atoms with Crippen LogP contribution in [0.25, 0.3) is 0 Å². The summed E-state index contributed by atoms with van der Waals surface area (Å²) in [5, 5.41) is 3.58. The van der Waals surface area contributed by atoms with Gasteiger partial charge in [0.1, 0.15) is 0 Å². The lowest BCUT2D eigenvalue weighted by Gasteiger charge is -2.59. The summed E-state index contributed by atoms with van der Waals surface area (Å²) in [5.74, 6) is 0.667. The van der Waals surface area contributed by atoms with Crippen LogP contribution in [0.15, 0.2) is 12.3 Å². The molecule has 3 atom stereocenters. The maximum Gasteiger partial charge on any atom is 0.0232 e. The minimum Gasteiger partial charge on any atom is -0.386 e. The zero-order valence-electron chi connectivity index (χ0n) is 13.1. The summed E-state index contributed by atoms with van der Waals surface area (Å²) >= 11 is 0. The Labute approximate surface area is 108 Å². The Morgan fingerprint density at radius 3 is 2.00 bits per heavy atom. The molecule has 0 aromatic rings. The van der Waals surface area contributed by atoms with Crippen molar-refractivity contribution in [2.45, 2.75) is 67.9 Å². The lowest BCUT2D eigenvalue weighted by Crippen LogP contribution is -2.56. The summed E-state index contributed by atoms with van der Waals surface area (Å²) in [5.41, 5.74) is 1.85. The Balaban J connectivity index is 3.21. The van der Waals surface area contributed by atoms with Gasteiger partial charge < -0.3 is 5.32 Å². The van der Waals surface area contributed by atoms with Gasteiger partial charge in [0.2, 0.25) is 0 Å². The number of hydrogen-bond donors (Lipinski definition) is 1. The minimum absolute atomic E-state index is 0.151. The van der Waals surface area contributed by atoms with Crippen molar-refractivity contribution in [3.05, 3.63) is 12.3 Å². The van der Waals surface area contributed by atoms with Crippen LogP contribution in [0.2, 0.25) is 0 Å². The average molecular weight is 237 g/mol. The highest BCUT2D eigenvalue weighted by molar-refractivity contribution is 5.20. The molecule has 3 unspecified atom stereocenters. The van der Waals surface area contributed by atoms with Crippen LogP contribution in [0.4, 0.5) is 0 Å². The molecule has 100 valence electrons. The van der Waals surface area contributed by atoms with Crippen LogP contribution in [0, 0.1) is 22.2 Å². The SMILES string of the molecule is C=C1NC(C)CC(C)C1(C)C(C)(C)C(C)(C)C. The fourth-order valence-corrected chi connectivity index (χ4v) is 3.34. The van der Waals surface area contributed by atoms with Gasteiger partial charge >= 0.3 is 0 Å². The molecule has 1 heteroatoms. The van der Waals surface area contributed by atoms with Crippen LogP contribution < -0.4 is 5.32 Å². The van der Waals surface area contributed by atoms with E-state index in [2.05, 4.69) is 67.3 Å². The summed E-state index contributed by atoms with van der Waals surface area (Å²) < 4.78 is 0. The van der Waals surface area contributed by atoms with E-state index in [0.717, 1.165) is 0 Å². The number of nitrogens with one attached hydrogen (secondary N) is 1. The van der Waals surface area contributed by atoms with E-state index in [1.165, 1.54) is 12.1 Å². The van der Waals surface area contributed by atoms with Crippen molar-refractivity contribution in [1.29, 1.82) is 0 Å². The molecule has 0 spiro atoms. The molecular weight excluding hydrogens is 206 g/mol. The molecule has 1 fully saturated rings. The van der Waals surface area contributed by atoms with E-state index in [1.54, 1.807) is 0 Å². The zero-order chi connectivity index (χ0) is 13.6. The van der Waals surface area contributed by atoms with Crippen LogP contribution in [0.5, 0.6) is 0 Å². The van der Waals surface area contributed by atoms with E-state index in [4.69, 9.17) is 0 Å². The Bertz CT molecular complexity index is 308. The lowest BCUT2D eigenvalue weighted by atomic mass is 9.48. The molecule has 17 heavy (non-hydrogen) atoms. The monoisotopic (exact) mass is 237 g/mol. The summed E-state index contributed by atoms with van der Waals surface area (Å²) in [6, 6.07) is 0.557. The Morgan fingerprint density at radius 2 is 1.65 bits per heavy atom. The number of rotatable bonds is 1. The summed E-state index contributed by atoms with van der Waals surface area (Å²) in [4.78, 5) is 0. The minimum atomic E-state index is 0.151. The van der Waals surface area contributed by atoms with Gasteiger partial charge in [0.25, 0.3) is 0 Å². The van der Waals surface area contributed by atoms with Gasteiger partial charge in [-0.15, -0.1) is 0 Å². The number of allylic oxidation sites excluding steroid dienone is 1. The van der Waals surface area contributed by atoms with Gasteiger partial charge in [0, 0.05) is 17.2 Å². The smallest absolute Gasteiger partial charge is 0.0232 e. The van der Waals surface area contributed by atoms with Crippen LogP contribution in [-0.2, 0) is 0 Å². The molecule has 1 nitrogen and oxygen atoms in total. The third kappa shape index (κ3) is 2.02. The number of hydrogen-bond acceptors (Lipinski definition) is 1.